The van der Waals surface area contributed by atoms with Gasteiger partial charge in [0, 0.05) is 23.7 Å². The Morgan fingerprint density at radius 3 is 2.75 bits per heavy atom. The minimum absolute atomic E-state index is 0.0109. The van der Waals surface area contributed by atoms with E-state index in [1.807, 2.05) is 10.9 Å². The van der Waals surface area contributed by atoms with E-state index in [2.05, 4.69) is 5.10 Å². The fourth-order valence-electron chi connectivity index (χ4n) is 2.90. The fraction of sp³-hybridized carbons (Fsp3) is 0.500. The van der Waals surface area contributed by atoms with E-state index in [9.17, 15) is 10.1 Å². The number of ether oxygens (including phenoxy) is 1. The second-order valence-corrected chi connectivity index (χ2v) is 5.24. The van der Waals surface area contributed by atoms with Gasteiger partial charge in [0.2, 0.25) is 0 Å². The van der Waals surface area contributed by atoms with Crippen LogP contribution >= 0.6 is 0 Å². The van der Waals surface area contributed by atoms with Crippen LogP contribution in [0.5, 0.6) is 5.75 Å². The lowest BCUT2D eigenvalue weighted by atomic mass is 9.96. The van der Waals surface area contributed by atoms with Crippen LogP contribution in [0.25, 0.3) is 10.9 Å². The van der Waals surface area contributed by atoms with Gasteiger partial charge in [-0.25, -0.2) is 0 Å². The number of hydrogen-bond acceptors (Lipinski definition) is 4. The molecule has 1 saturated carbocycles. The highest BCUT2D eigenvalue weighted by Crippen LogP contribution is 2.33. The van der Waals surface area contributed by atoms with Crippen molar-refractivity contribution in [1.29, 1.82) is 0 Å². The third-order valence-corrected chi connectivity index (χ3v) is 3.97. The summed E-state index contributed by atoms with van der Waals surface area (Å²) < 4.78 is 7.04. The van der Waals surface area contributed by atoms with Crippen molar-refractivity contribution < 1.29 is 9.66 Å². The quantitative estimate of drug-likeness (QED) is 0.635. The van der Waals surface area contributed by atoms with E-state index in [0.717, 1.165) is 23.7 Å². The van der Waals surface area contributed by atoms with Crippen LogP contribution in [0.2, 0.25) is 0 Å². The van der Waals surface area contributed by atoms with Crippen LogP contribution in [0.15, 0.2) is 18.3 Å². The van der Waals surface area contributed by atoms with Crippen molar-refractivity contribution in [1.82, 2.24) is 9.78 Å². The summed E-state index contributed by atoms with van der Waals surface area (Å²) in [6, 6.07) is 3.61. The van der Waals surface area contributed by atoms with Crippen molar-refractivity contribution in [3.8, 4) is 5.75 Å². The van der Waals surface area contributed by atoms with Gasteiger partial charge in [-0.05, 0) is 12.8 Å². The molecule has 20 heavy (non-hydrogen) atoms. The topological polar surface area (TPSA) is 70.2 Å². The van der Waals surface area contributed by atoms with Crippen LogP contribution in [-0.2, 0) is 0 Å². The standard InChI is InChI=1S/C14H17N3O3/c1-20-14-8-12-10(7-13(14)17(18)19)9-16(15-12)11-5-3-2-4-6-11/h7-9,11H,2-6H2,1H3. The molecule has 1 fully saturated rings. The SMILES string of the molecule is COc1cc2nn(C3CCCCC3)cc2cc1[N+](=O)[O-]. The van der Waals surface area contributed by atoms with Crippen molar-refractivity contribution in [3.63, 3.8) is 0 Å². The maximum atomic E-state index is 11.0. The molecule has 0 atom stereocenters. The molecular formula is C14H17N3O3. The molecular weight excluding hydrogens is 258 g/mol. The van der Waals surface area contributed by atoms with E-state index in [-0.39, 0.29) is 11.4 Å². The first kappa shape index (κ1) is 12.9. The zero-order chi connectivity index (χ0) is 14.1. The molecule has 0 spiro atoms. The van der Waals surface area contributed by atoms with Gasteiger partial charge in [-0.1, -0.05) is 19.3 Å². The maximum Gasteiger partial charge on any atom is 0.311 e. The summed E-state index contributed by atoms with van der Waals surface area (Å²) in [6.45, 7) is 0. The van der Waals surface area contributed by atoms with Gasteiger partial charge < -0.3 is 4.74 Å². The first-order chi connectivity index (χ1) is 9.69. The number of nitrogens with zero attached hydrogens (tertiary/aromatic N) is 3. The van der Waals surface area contributed by atoms with Gasteiger partial charge in [-0.2, -0.15) is 5.10 Å². The normalized spacial score (nSPS) is 16.4. The summed E-state index contributed by atoms with van der Waals surface area (Å²) in [6.07, 6.45) is 7.92. The molecule has 0 bridgehead atoms. The minimum atomic E-state index is -0.420. The average molecular weight is 275 g/mol. The molecule has 6 nitrogen and oxygen atoms in total. The molecule has 1 aliphatic carbocycles. The number of rotatable bonds is 3. The van der Waals surface area contributed by atoms with Crippen LogP contribution in [-0.4, -0.2) is 21.8 Å². The van der Waals surface area contributed by atoms with E-state index >= 15 is 0 Å². The molecule has 106 valence electrons. The van der Waals surface area contributed by atoms with E-state index in [4.69, 9.17) is 4.74 Å². The molecule has 6 heteroatoms. The van der Waals surface area contributed by atoms with Crippen molar-refractivity contribution in [2.24, 2.45) is 0 Å². The predicted molar refractivity (Wildman–Crippen MR) is 75.1 cm³/mol. The molecule has 0 aliphatic heterocycles. The Morgan fingerprint density at radius 2 is 2.10 bits per heavy atom. The van der Waals surface area contributed by atoms with Crippen molar-refractivity contribution >= 4 is 16.6 Å². The molecule has 3 rings (SSSR count). The van der Waals surface area contributed by atoms with Crippen LogP contribution in [0, 0.1) is 10.1 Å². The smallest absolute Gasteiger partial charge is 0.311 e. The lowest BCUT2D eigenvalue weighted by Crippen LogP contribution is -2.12. The molecule has 0 saturated heterocycles. The molecule has 0 N–H and O–H groups in total. The summed E-state index contributed by atoms with van der Waals surface area (Å²) in [5, 5.41) is 16.4. The third kappa shape index (κ3) is 2.21. The van der Waals surface area contributed by atoms with Gasteiger partial charge >= 0.3 is 5.69 Å². The lowest BCUT2D eigenvalue weighted by Gasteiger charge is -2.21. The number of aromatic nitrogens is 2. The van der Waals surface area contributed by atoms with E-state index < -0.39 is 4.92 Å². The average Bonchev–Trinajstić information content (AvgIpc) is 2.89. The number of methoxy groups -OCH3 is 1. The number of benzene rings is 1. The highest BCUT2D eigenvalue weighted by Gasteiger charge is 2.20. The second kappa shape index (κ2) is 5.11. The number of nitro groups is 1. The Kier molecular flexibility index (Phi) is 3.30. The van der Waals surface area contributed by atoms with E-state index in [1.165, 1.54) is 26.4 Å². The third-order valence-electron chi connectivity index (χ3n) is 3.97. The first-order valence-electron chi connectivity index (χ1n) is 6.90. The molecule has 0 amide bonds. The largest absolute Gasteiger partial charge is 0.490 e. The summed E-state index contributed by atoms with van der Waals surface area (Å²) in [5.41, 5.74) is 0.737. The minimum Gasteiger partial charge on any atom is -0.490 e. The zero-order valence-corrected chi connectivity index (χ0v) is 11.4. The van der Waals surface area contributed by atoms with Crippen LogP contribution in [0.3, 0.4) is 0 Å². The fourth-order valence-corrected chi connectivity index (χ4v) is 2.90. The molecule has 0 unspecified atom stereocenters. The van der Waals surface area contributed by atoms with Crippen molar-refractivity contribution in [2.75, 3.05) is 7.11 Å². The summed E-state index contributed by atoms with van der Waals surface area (Å²) >= 11 is 0. The Morgan fingerprint density at radius 1 is 1.35 bits per heavy atom. The van der Waals surface area contributed by atoms with Gasteiger partial charge in [0.05, 0.1) is 23.6 Å². The van der Waals surface area contributed by atoms with Gasteiger partial charge in [0.1, 0.15) is 0 Å². The number of nitro benzene ring substituents is 1. The highest BCUT2D eigenvalue weighted by atomic mass is 16.6. The molecule has 1 aliphatic rings. The predicted octanol–water partition coefficient (Wildman–Crippen LogP) is 3.46. The second-order valence-electron chi connectivity index (χ2n) is 5.24. The number of hydrogen-bond donors (Lipinski definition) is 0. The Bertz CT molecular complexity index is 644. The first-order valence-corrected chi connectivity index (χ1v) is 6.90. The number of fused-ring (bicyclic) bond motifs is 1. The van der Waals surface area contributed by atoms with E-state index in [1.54, 1.807) is 12.1 Å². The van der Waals surface area contributed by atoms with Gasteiger partial charge in [0.15, 0.2) is 5.75 Å². The lowest BCUT2D eigenvalue weighted by molar-refractivity contribution is -0.385. The Balaban J connectivity index is 2.03. The van der Waals surface area contributed by atoms with Crippen LogP contribution < -0.4 is 4.74 Å². The van der Waals surface area contributed by atoms with Crippen LogP contribution in [0.4, 0.5) is 5.69 Å². The molecule has 1 heterocycles. The maximum absolute atomic E-state index is 11.0. The van der Waals surface area contributed by atoms with E-state index in [0.29, 0.717) is 6.04 Å². The molecule has 0 radical (unpaired) electrons. The summed E-state index contributed by atoms with van der Waals surface area (Å²) in [5.74, 6) is 0.261. The van der Waals surface area contributed by atoms with Crippen molar-refractivity contribution in [2.45, 2.75) is 38.1 Å². The van der Waals surface area contributed by atoms with Crippen molar-refractivity contribution in [3.05, 3.63) is 28.4 Å². The molecule has 1 aromatic carbocycles. The highest BCUT2D eigenvalue weighted by molar-refractivity contribution is 5.83. The van der Waals surface area contributed by atoms with Crippen LogP contribution in [0.1, 0.15) is 38.1 Å². The summed E-state index contributed by atoms with van der Waals surface area (Å²) in [4.78, 5) is 10.6. The zero-order valence-electron chi connectivity index (χ0n) is 11.4. The summed E-state index contributed by atoms with van der Waals surface area (Å²) in [7, 11) is 1.44. The monoisotopic (exact) mass is 275 g/mol. The Labute approximate surface area is 116 Å². The Hall–Kier alpha value is -2.11. The van der Waals surface area contributed by atoms with Gasteiger partial charge in [-0.3, -0.25) is 14.8 Å². The molecule has 2 aromatic rings. The molecule has 1 aromatic heterocycles. The van der Waals surface area contributed by atoms with Gasteiger partial charge in [-0.15, -0.1) is 0 Å². The van der Waals surface area contributed by atoms with Gasteiger partial charge in [0.25, 0.3) is 0 Å².